The highest BCUT2D eigenvalue weighted by atomic mass is 127. The van der Waals surface area contributed by atoms with Gasteiger partial charge in [-0.1, -0.05) is 22.9 Å². The summed E-state index contributed by atoms with van der Waals surface area (Å²) in [4.78, 5) is 11.0. The molecular weight excluding hydrogens is 521 g/mol. The number of aromatic nitrogens is 2. The fourth-order valence-electron chi connectivity index (χ4n) is 3.49. The first-order valence-corrected chi connectivity index (χ1v) is 9.67. The van der Waals surface area contributed by atoms with Crippen LogP contribution in [0.25, 0.3) is 0 Å². The summed E-state index contributed by atoms with van der Waals surface area (Å²) in [6.45, 7) is 4.90. The summed E-state index contributed by atoms with van der Waals surface area (Å²) in [5.74, 6) is 2.41. The van der Waals surface area contributed by atoms with Gasteiger partial charge in [-0.25, -0.2) is 4.98 Å². The lowest BCUT2D eigenvalue weighted by Gasteiger charge is -2.39. The van der Waals surface area contributed by atoms with Gasteiger partial charge in [-0.2, -0.15) is 0 Å². The van der Waals surface area contributed by atoms with E-state index in [2.05, 4.69) is 53.7 Å². The molecule has 0 radical (unpaired) electrons. The van der Waals surface area contributed by atoms with E-state index in [-0.39, 0.29) is 24.0 Å². The molecule has 3 rings (SSSR count). The first kappa shape index (κ1) is 22.0. The van der Waals surface area contributed by atoms with Crippen LogP contribution in [-0.4, -0.2) is 47.7 Å². The standard InChI is InChI=1S/C19H26BrN5O.HI/c1-14-6-8-24(12-17(14)25-9-7-22-13-25)19(21-2)23-11-15-10-16(20)4-5-18(15)26-3;/h4-5,7,9-10,13-14,17H,6,8,11-12H2,1-3H3,(H,21,23);1H. The lowest BCUT2D eigenvalue weighted by molar-refractivity contribution is 0.189. The molecule has 0 amide bonds. The number of likely N-dealkylation sites (tertiary alicyclic amines) is 1. The Morgan fingerprint density at radius 1 is 1.44 bits per heavy atom. The highest BCUT2D eigenvalue weighted by Crippen LogP contribution is 2.28. The first-order chi connectivity index (χ1) is 12.6. The number of hydrogen-bond acceptors (Lipinski definition) is 3. The molecule has 1 aromatic carbocycles. The Morgan fingerprint density at radius 3 is 2.93 bits per heavy atom. The van der Waals surface area contributed by atoms with Crippen LogP contribution in [0.2, 0.25) is 0 Å². The maximum Gasteiger partial charge on any atom is 0.193 e. The van der Waals surface area contributed by atoms with Crippen molar-refractivity contribution in [3.8, 4) is 5.75 Å². The molecule has 0 aliphatic carbocycles. The molecule has 1 aliphatic heterocycles. The Kier molecular flexibility index (Phi) is 8.40. The van der Waals surface area contributed by atoms with Gasteiger partial charge in [0.1, 0.15) is 5.75 Å². The zero-order valence-electron chi connectivity index (χ0n) is 15.9. The number of methoxy groups -OCH3 is 1. The number of benzene rings is 1. The number of aliphatic imine (C=N–C) groups is 1. The van der Waals surface area contributed by atoms with Crippen LogP contribution in [0.4, 0.5) is 0 Å². The van der Waals surface area contributed by atoms with Crippen molar-refractivity contribution in [3.63, 3.8) is 0 Å². The van der Waals surface area contributed by atoms with Gasteiger partial charge in [-0.15, -0.1) is 24.0 Å². The SMILES string of the molecule is CN=C(NCc1cc(Br)ccc1OC)N1CCC(C)C(n2ccnc2)C1.I. The third-order valence-corrected chi connectivity index (χ3v) is 5.51. The number of nitrogens with zero attached hydrogens (tertiary/aromatic N) is 4. The lowest BCUT2D eigenvalue weighted by Crippen LogP contribution is -2.48. The zero-order valence-corrected chi connectivity index (χ0v) is 19.8. The molecular formula is C19H27BrIN5O. The molecule has 6 nitrogen and oxygen atoms in total. The molecule has 2 atom stereocenters. The van der Waals surface area contributed by atoms with Crippen molar-refractivity contribution < 1.29 is 4.74 Å². The summed E-state index contributed by atoms with van der Waals surface area (Å²) in [5.41, 5.74) is 1.10. The molecule has 2 heterocycles. The van der Waals surface area contributed by atoms with Crippen LogP contribution in [-0.2, 0) is 6.54 Å². The van der Waals surface area contributed by atoms with Gasteiger partial charge in [0.15, 0.2) is 5.96 Å². The molecule has 2 aromatic rings. The Bertz CT molecular complexity index is 753. The van der Waals surface area contributed by atoms with Crippen LogP contribution in [0.15, 0.2) is 46.4 Å². The largest absolute Gasteiger partial charge is 0.496 e. The Hall–Kier alpha value is -1.29. The number of piperidine rings is 1. The minimum absolute atomic E-state index is 0. The van der Waals surface area contributed by atoms with Crippen molar-refractivity contribution in [1.82, 2.24) is 19.8 Å². The van der Waals surface area contributed by atoms with Gasteiger partial charge in [0.05, 0.1) is 19.5 Å². The van der Waals surface area contributed by atoms with E-state index < -0.39 is 0 Å². The Labute approximate surface area is 186 Å². The van der Waals surface area contributed by atoms with E-state index in [0.717, 1.165) is 41.3 Å². The number of guanidine groups is 1. The van der Waals surface area contributed by atoms with E-state index in [4.69, 9.17) is 4.74 Å². The quantitative estimate of drug-likeness (QED) is 0.358. The second-order valence-corrected chi connectivity index (χ2v) is 7.56. The normalized spacial score (nSPS) is 20.1. The van der Waals surface area contributed by atoms with Gasteiger partial charge < -0.3 is 19.5 Å². The number of halogens is 2. The fraction of sp³-hybridized carbons (Fsp3) is 0.474. The number of ether oxygens (including phenoxy) is 1. The van der Waals surface area contributed by atoms with Crippen molar-refractivity contribution in [3.05, 3.63) is 47.0 Å². The highest BCUT2D eigenvalue weighted by molar-refractivity contribution is 14.0. The van der Waals surface area contributed by atoms with Crippen LogP contribution in [0.1, 0.15) is 24.9 Å². The van der Waals surface area contributed by atoms with Crippen LogP contribution in [0.5, 0.6) is 5.75 Å². The number of hydrogen-bond donors (Lipinski definition) is 1. The number of nitrogens with one attached hydrogen (secondary N) is 1. The number of imidazole rings is 1. The second-order valence-electron chi connectivity index (χ2n) is 6.65. The maximum atomic E-state index is 5.47. The third kappa shape index (κ3) is 5.37. The molecule has 1 aliphatic rings. The van der Waals surface area contributed by atoms with Gasteiger partial charge in [-0.3, -0.25) is 4.99 Å². The minimum atomic E-state index is 0. The molecule has 148 valence electrons. The summed E-state index contributed by atoms with van der Waals surface area (Å²) in [6.07, 6.45) is 6.93. The summed E-state index contributed by atoms with van der Waals surface area (Å²) < 4.78 is 8.72. The molecule has 0 saturated carbocycles. The van der Waals surface area contributed by atoms with Gasteiger partial charge in [0.2, 0.25) is 0 Å². The van der Waals surface area contributed by atoms with Crippen molar-refractivity contribution in [1.29, 1.82) is 0 Å². The summed E-state index contributed by atoms with van der Waals surface area (Å²) in [5, 5.41) is 3.49. The summed E-state index contributed by atoms with van der Waals surface area (Å²) in [6, 6.07) is 6.44. The van der Waals surface area contributed by atoms with E-state index >= 15 is 0 Å². The predicted molar refractivity (Wildman–Crippen MR) is 123 cm³/mol. The van der Waals surface area contributed by atoms with Crippen molar-refractivity contribution in [2.24, 2.45) is 10.9 Å². The van der Waals surface area contributed by atoms with E-state index in [1.807, 2.05) is 37.9 Å². The molecule has 1 N–H and O–H groups in total. The van der Waals surface area contributed by atoms with Crippen molar-refractivity contribution >= 4 is 45.9 Å². The van der Waals surface area contributed by atoms with Gasteiger partial charge in [0.25, 0.3) is 0 Å². The van der Waals surface area contributed by atoms with E-state index in [1.165, 1.54) is 0 Å². The Morgan fingerprint density at radius 2 is 2.26 bits per heavy atom. The van der Waals surface area contributed by atoms with Crippen LogP contribution in [0.3, 0.4) is 0 Å². The van der Waals surface area contributed by atoms with E-state index in [9.17, 15) is 0 Å². The molecule has 1 aromatic heterocycles. The van der Waals surface area contributed by atoms with Crippen LogP contribution >= 0.6 is 39.9 Å². The average Bonchev–Trinajstić information content (AvgIpc) is 3.18. The van der Waals surface area contributed by atoms with Crippen molar-refractivity contribution in [2.45, 2.75) is 25.9 Å². The smallest absolute Gasteiger partial charge is 0.193 e. The molecule has 0 bridgehead atoms. The van der Waals surface area contributed by atoms with Crippen molar-refractivity contribution in [2.75, 3.05) is 27.2 Å². The van der Waals surface area contributed by atoms with Gasteiger partial charge in [0, 0.05) is 49.1 Å². The average molecular weight is 548 g/mol. The Balaban J connectivity index is 0.00000261. The van der Waals surface area contributed by atoms with E-state index in [0.29, 0.717) is 18.5 Å². The molecule has 2 unspecified atom stereocenters. The third-order valence-electron chi connectivity index (χ3n) is 5.02. The number of rotatable bonds is 4. The molecule has 1 fully saturated rings. The zero-order chi connectivity index (χ0) is 18.5. The lowest BCUT2D eigenvalue weighted by atomic mass is 9.93. The van der Waals surface area contributed by atoms with Gasteiger partial charge >= 0.3 is 0 Å². The topological polar surface area (TPSA) is 54.7 Å². The molecule has 27 heavy (non-hydrogen) atoms. The fourth-order valence-corrected chi connectivity index (χ4v) is 3.90. The van der Waals surface area contributed by atoms with Crippen LogP contribution < -0.4 is 10.1 Å². The second kappa shape index (κ2) is 10.3. The summed E-state index contributed by atoms with van der Waals surface area (Å²) >= 11 is 3.53. The van der Waals surface area contributed by atoms with Crippen LogP contribution in [0, 0.1) is 5.92 Å². The monoisotopic (exact) mass is 547 g/mol. The van der Waals surface area contributed by atoms with E-state index in [1.54, 1.807) is 7.11 Å². The highest BCUT2D eigenvalue weighted by Gasteiger charge is 2.28. The first-order valence-electron chi connectivity index (χ1n) is 8.87. The minimum Gasteiger partial charge on any atom is -0.496 e. The molecule has 0 spiro atoms. The predicted octanol–water partition coefficient (Wildman–Crippen LogP) is 3.93. The maximum absolute atomic E-state index is 5.47. The summed E-state index contributed by atoms with van der Waals surface area (Å²) in [7, 11) is 3.54. The van der Waals surface area contributed by atoms with Gasteiger partial charge in [-0.05, 0) is 30.5 Å². The molecule has 1 saturated heterocycles. The molecule has 8 heteroatoms.